The first-order valence-corrected chi connectivity index (χ1v) is 10.3. The molecule has 2 aromatic heterocycles. The monoisotopic (exact) mass is 390 g/mol. The number of nitrogens with zero attached hydrogens (tertiary/aromatic N) is 6. The van der Waals surface area contributed by atoms with Gasteiger partial charge in [0, 0.05) is 18.7 Å². The van der Waals surface area contributed by atoms with Crippen molar-refractivity contribution in [3.63, 3.8) is 0 Å². The molecule has 1 fully saturated rings. The summed E-state index contributed by atoms with van der Waals surface area (Å²) in [4.78, 5) is 0. The van der Waals surface area contributed by atoms with Crippen molar-refractivity contribution in [3.8, 4) is 28.8 Å². The Balaban J connectivity index is 1.49. The second-order valence-electron chi connectivity index (χ2n) is 6.44. The largest absolute Gasteiger partial charge is 0.508 e. The number of rotatable bonds is 4. The summed E-state index contributed by atoms with van der Waals surface area (Å²) >= 11 is 0. The quantitative estimate of drug-likeness (QED) is 0.706. The molecule has 0 spiro atoms. The van der Waals surface area contributed by atoms with Gasteiger partial charge in [-0.3, -0.25) is 0 Å². The minimum atomic E-state index is -3.16. The third-order valence-electron chi connectivity index (χ3n) is 4.51. The number of aromatic nitrogens is 5. The molecule has 0 aliphatic carbocycles. The minimum absolute atomic E-state index is 0.0673. The fourth-order valence-corrected chi connectivity index (χ4v) is 3.95. The number of hydrogen-bond acceptors (Lipinski definition) is 8. The molecule has 1 aliphatic rings. The lowest BCUT2D eigenvalue weighted by atomic mass is 10.1. The van der Waals surface area contributed by atoms with Crippen LogP contribution in [0.3, 0.4) is 0 Å². The molecule has 10 nitrogen and oxygen atoms in total. The van der Waals surface area contributed by atoms with Crippen LogP contribution in [0.1, 0.15) is 18.9 Å². The maximum absolute atomic E-state index is 11.6. The molecule has 0 unspecified atom stereocenters. The summed E-state index contributed by atoms with van der Waals surface area (Å²) in [6.07, 6.45) is 4.27. The first kappa shape index (κ1) is 17.6. The Morgan fingerprint density at radius 1 is 1.15 bits per heavy atom. The van der Waals surface area contributed by atoms with Crippen molar-refractivity contribution in [2.24, 2.45) is 0 Å². The number of benzene rings is 1. The maximum Gasteiger partial charge on any atom is 0.270 e. The Morgan fingerprint density at radius 3 is 2.59 bits per heavy atom. The predicted molar refractivity (Wildman–Crippen MR) is 95.1 cm³/mol. The average molecular weight is 390 g/mol. The van der Waals surface area contributed by atoms with E-state index in [0.717, 1.165) is 0 Å². The van der Waals surface area contributed by atoms with Crippen LogP contribution in [0.4, 0.5) is 0 Å². The molecule has 1 aromatic carbocycles. The molecule has 4 rings (SSSR count). The fraction of sp³-hybridized carbons (Fsp3) is 0.375. The van der Waals surface area contributed by atoms with E-state index >= 15 is 0 Å². The van der Waals surface area contributed by atoms with Crippen molar-refractivity contribution >= 4 is 10.0 Å². The van der Waals surface area contributed by atoms with E-state index < -0.39 is 10.0 Å². The van der Waals surface area contributed by atoms with Crippen molar-refractivity contribution in [1.82, 2.24) is 29.5 Å². The lowest BCUT2D eigenvalue weighted by Crippen LogP contribution is -2.38. The van der Waals surface area contributed by atoms with Crippen molar-refractivity contribution < 1.29 is 17.9 Å². The van der Waals surface area contributed by atoms with Gasteiger partial charge in [0.05, 0.1) is 18.5 Å². The molecular formula is C16H18N6O4S. The summed E-state index contributed by atoms with van der Waals surface area (Å²) in [5.41, 5.74) is 1.05. The summed E-state index contributed by atoms with van der Waals surface area (Å²) in [7, 11) is -3.16. The van der Waals surface area contributed by atoms with E-state index in [2.05, 4.69) is 20.5 Å². The number of phenolic OH excluding ortho intramolecular Hbond substituents is 1. The van der Waals surface area contributed by atoms with E-state index in [4.69, 9.17) is 4.42 Å². The van der Waals surface area contributed by atoms with Crippen LogP contribution < -0.4 is 0 Å². The van der Waals surface area contributed by atoms with Crippen molar-refractivity contribution in [2.75, 3.05) is 19.3 Å². The van der Waals surface area contributed by atoms with Gasteiger partial charge in [-0.2, -0.15) is 0 Å². The smallest absolute Gasteiger partial charge is 0.270 e. The van der Waals surface area contributed by atoms with Gasteiger partial charge in [-0.25, -0.2) is 17.4 Å². The lowest BCUT2D eigenvalue weighted by Gasteiger charge is -2.29. The summed E-state index contributed by atoms with van der Waals surface area (Å²) in [5, 5.41) is 25.8. The topological polar surface area (TPSA) is 127 Å². The molecule has 0 saturated carbocycles. The Morgan fingerprint density at radius 2 is 1.89 bits per heavy atom. The van der Waals surface area contributed by atoms with E-state index in [0.29, 0.717) is 37.2 Å². The fourth-order valence-electron chi connectivity index (χ4n) is 3.07. The summed E-state index contributed by atoms with van der Waals surface area (Å²) in [6, 6.07) is 6.60. The molecule has 0 bridgehead atoms. The number of sulfonamides is 1. The Kier molecular flexibility index (Phi) is 4.40. The Labute approximate surface area is 155 Å². The zero-order chi connectivity index (χ0) is 19.0. The Bertz CT molecular complexity index is 1050. The van der Waals surface area contributed by atoms with Gasteiger partial charge >= 0.3 is 0 Å². The first-order valence-electron chi connectivity index (χ1n) is 8.40. The molecule has 1 saturated heterocycles. The molecule has 1 aliphatic heterocycles. The van der Waals surface area contributed by atoms with Gasteiger partial charge in [-0.05, 0) is 31.0 Å². The van der Waals surface area contributed by atoms with Crippen LogP contribution in [0.5, 0.6) is 5.75 Å². The van der Waals surface area contributed by atoms with Crippen LogP contribution in [-0.4, -0.2) is 62.4 Å². The maximum atomic E-state index is 11.6. The highest BCUT2D eigenvalue weighted by atomic mass is 32.2. The molecule has 11 heteroatoms. The van der Waals surface area contributed by atoms with Crippen LogP contribution >= 0.6 is 0 Å². The van der Waals surface area contributed by atoms with Gasteiger partial charge in [-0.1, -0.05) is 11.3 Å². The summed E-state index contributed by atoms with van der Waals surface area (Å²) in [5.74, 6) is 0.615. The molecule has 142 valence electrons. The second kappa shape index (κ2) is 6.74. The van der Waals surface area contributed by atoms with Gasteiger partial charge in [0.15, 0.2) is 5.69 Å². The molecule has 0 atom stereocenters. The zero-order valence-corrected chi connectivity index (χ0v) is 15.4. The van der Waals surface area contributed by atoms with Crippen LogP contribution in [0.15, 0.2) is 34.9 Å². The molecule has 1 N–H and O–H groups in total. The molecular weight excluding hydrogens is 372 g/mol. The van der Waals surface area contributed by atoms with Gasteiger partial charge in [-0.15, -0.1) is 15.3 Å². The summed E-state index contributed by atoms with van der Waals surface area (Å²) in [6.45, 7) is 0.918. The van der Waals surface area contributed by atoms with Gasteiger partial charge < -0.3 is 9.52 Å². The molecule has 0 radical (unpaired) electrons. The van der Waals surface area contributed by atoms with Crippen LogP contribution in [0.25, 0.3) is 23.0 Å². The van der Waals surface area contributed by atoms with E-state index in [1.165, 1.54) is 16.6 Å². The zero-order valence-electron chi connectivity index (χ0n) is 14.6. The van der Waals surface area contributed by atoms with Crippen molar-refractivity contribution in [1.29, 1.82) is 0 Å². The third kappa shape index (κ3) is 3.69. The number of aromatic hydroxyl groups is 1. The van der Waals surface area contributed by atoms with Crippen LogP contribution in [0, 0.1) is 0 Å². The van der Waals surface area contributed by atoms with Gasteiger partial charge in [0.25, 0.3) is 5.89 Å². The molecule has 0 amide bonds. The Hall–Kier alpha value is -2.79. The van der Waals surface area contributed by atoms with Gasteiger partial charge in [0.1, 0.15) is 5.75 Å². The highest BCUT2D eigenvalue weighted by Crippen LogP contribution is 2.27. The second-order valence-corrected chi connectivity index (χ2v) is 8.42. The van der Waals surface area contributed by atoms with E-state index in [1.54, 1.807) is 29.1 Å². The van der Waals surface area contributed by atoms with Crippen LogP contribution in [0.2, 0.25) is 0 Å². The van der Waals surface area contributed by atoms with Gasteiger partial charge in [0.2, 0.25) is 15.9 Å². The average Bonchev–Trinajstić information content (AvgIpc) is 3.31. The SMILES string of the molecule is CS(=O)(=O)N1CCC(n2cc(-c3nnc(-c4cccc(O)c4)o3)nn2)CC1. The number of phenols is 1. The van der Waals surface area contributed by atoms with Crippen LogP contribution in [-0.2, 0) is 10.0 Å². The van der Waals surface area contributed by atoms with E-state index in [1.807, 2.05) is 0 Å². The van der Waals surface area contributed by atoms with E-state index in [-0.39, 0.29) is 23.6 Å². The standard InChI is InChI=1S/C16H18N6O4S/c1-27(24,25)21-7-5-12(6-8-21)22-10-14(17-20-22)16-19-18-15(26-16)11-3-2-4-13(23)9-11/h2-4,9-10,12,23H,5-8H2,1H3. The highest BCUT2D eigenvalue weighted by molar-refractivity contribution is 7.88. The molecule has 27 heavy (non-hydrogen) atoms. The minimum Gasteiger partial charge on any atom is -0.508 e. The van der Waals surface area contributed by atoms with Crippen molar-refractivity contribution in [3.05, 3.63) is 30.5 Å². The third-order valence-corrected chi connectivity index (χ3v) is 5.82. The lowest BCUT2D eigenvalue weighted by molar-refractivity contribution is 0.259. The normalized spacial score (nSPS) is 16.6. The summed E-state index contributed by atoms with van der Waals surface area (Å²) < 4.78 is 32.0. The number of piperidine rings is 1. The van der Waals surface area contributed by atoms with Crippen molar-refractivity contribution in [2.45, 2.75) is 18.9 Å². The number of hydrogen-bond donors (Lipinski definition) is 1. The highest BCUT2D eigenvalue weighted by Gasteiger charge is 2.27. The molecule has 3 aromatic rings. The first-order chi connectivity index (χ1) is 12.9. The molecule has 3 heterocycles. The van der Waals surface area contributed by atoms with E-state index in [9.17, 15) is 13.5 Å². The predicted octanol–water partition coefficient (Wildman–Crippen LogP) is 1.30.